The van der Waals surface area contributed by atoms with Crippen molar-refractivity contribution in [2.75, 3.05) is 13.1 Å². The molecule has 0 spiro atoms. The Bertz CT molecular complexity index is 589. The Balaban J connectivity index is 1.68. The number of hydrogen-bond acceptors (Lipinski definition) is 3. The highest BCUT2D eigenvalue weighted by Gasteiger charge is 2.34. The van der Waals surface area contributed by atoms with Gasteiger partial charge in [0.05, 0.1) is 12.0 Å². The second-order valence-electron chi connectivity index (χ2n) is 5.91. The molecule has 2 aliphatic rings. The van der Waals surface area contributed by atoms with E-state index in [-0.39, 0.29) is 24.7 Å². The van der Waals surface area contributed by atoms with Crippen molar-refractivity contribution in [3.63, 3.8) is 0 Å². The summed E-state index contributed by atoms with van der Waals surface area (Å²) in [4.78, 5) is 25.1. The number of likely N-dealkylation sites (tertiary alicyclic amines) is 1. The first-order valence-corrected chi connectivity index (χ1v) is 7.60. The fraction of sp³-hybridized carbons (Fsp3) is 0.500. The van der Waals surface area contributed by atoms with Crippen LogP contribution in [0.3, 0.4) is 0 Å². The molecule has 0 aromatic heterocycles. The molecule has 6 nitrogen and oxygen atoms in total. The Hall–Kier alpha value is -2.24. The summed E-state index contributed by atoms with van der Waals surface area (Å²) >= 11 is 0. The molecule has 0 radical (unpaired) electrons. The lowest BCUT2D eigenvalue weighted by atomic mass is 9.98. The van der Waals surface area contributed by atoms with Gasteiger partial charge in [-0.05, 0) is 25.8 Å². The second kappa shape index (κ2) is 5.87. The molecule has 3 atom stereocenters. The first kappa shape index (κ1) is 14.7. The molecule has 2 N–H and O–H groups in total. The molecule has 2 amide bonds. The van der Waals surface area contributed by atoms with Gasteiger partial charge in [0, 0.05) is 18.7 Å². The number of nitrogens with zero attached hydrogens (tertiary/aromatic N) is 1. The van der Waals surface area contributed by atoms with E-state index in [1.807, 2.05) is 31.2 Å². The van der Waals surface area contributed by atoms with Crippen molar-refractivity contribution in [2.45, 2.75) is 31.9 Å². The first-order chi connectivity index (χ1) is 10.6. The van der Waals surface area contributed by atoms with Crippen molar-refractivity contribution in [1.82, 2.24) is 10.2 Å². The van der Waals surface area contributed by atoms with E-state index in [1.54, 1.807) is 4.90 Å². The summed E-state index contributed by atoms with van der Waals surface area (Å²) in [6.07, 6.45) is 1.21. The highest BCUT2D eigenvalue weighted by atomic mass is 16.5. The van der Waals surface area contributed by atoms with Crippen LogP contribution in [0.25, 0.3) is 0 Å². The molecule has 1 aromatic carbocycles. The van der Waals surface area contributed by atoms with Crippen molar-refractivity contribution >= 4 is 12.0 Å². The fourth-order valence-electron chi connectivity index (χ4n) is 3.15. The van der Waals surface area contributed by atoms with Crippen LogP contribution in [-0.4, -0.2) is 41.2 Å². The van der Waals surface area contributed by atoms with Crippen LogP contribution in [0.5, 0.6) is 5.75 Å². The van der Waals surface area contributed by atoms with E-state index in [0.717, 1.165) is 17.7 Å². The van der Waals surface area contributed by atoms with Crippen molar-refractivity contribution in [3.05, 3.63) is 29.8 Å². The third kappa shape index (κ3) is 2.73. The molecule has 3 unspecified atom stereocenters. The number of hydrogen-bond donors (Lipinski definition) is 2. The molecule has 0 aliphatic carbocycles. The second-order valence-corrected chi connectivity index (χ2v) is 5.91. The lowest BCUT2D eigenvalue weighted by molar-refractivity contribution is -0.143. The molecule has 2 aliphatic heterocycles. The number of aliphatic carboxylic acids is 1. The Morgan fingerprint density at radius 2 is 2.14 bits per heavy atom. The monoisotopic (exact) mass is 304 g/mol. The van der Waals surface area contributed by atoms with Crippen LogP contribution in [0.4, 0.5) is 4.79 Å². The van der Waals surface area contributed by atoms with Crippen LogP contribution in [0, 0.1) is 5.92 Å². The highest BCUT2D eigenvalue weighted by Crippen LogP contribution is 2.36. The van der Waals surface area contributed by atoms with Gasteiger partial charge in [-0.15, -0.1) is 0 Å². The predicted molar refractivity (Wildman–Crippen MR) is 79.7 cm³/mol. The molecule has 2 heterocycles. The SMILES string of the molecule is CC1Oc2ccccc2C1NC(=O)N1CCCC(C(=O)O)C1. The van der Waals surface area contributed by atoms with Crippen LogP contribution in [-0.2, 0) is 4.79 Å². The zero-order valence-electron chi connectivity index (χ0n) is 12.5. The summed E-state index contributed by atoms with van der Waals surface area (Å²) in [6, 6.07) is 7.23. The van der Waals surface area contributed by atoms with E-state index in [2.05, 4.69) is 5.32 Å². The largest absolute Gasteiger partial charge is 0.488 e. The number of carboxylic acid groups (broad SMARTS) is 1. The topological polar surface area (TPSA) is 78.9 Å². The lowest BCUT2D eigenvalue weighted by Gasteiger charge is -2.32. The van der Waals surface area contributed by atoms with Crippen LogP contribution in [0.2, 0.25) is 0 Å². The molecule has 0 bridgehead atoms. The highest BCUT2D eigenvalue weighted by molar-refractivity contribution is 5.77. The van der Waals surface area contributed by atoms with E-state index in [9.17, 15) is 9.59 Å². The maximum Gasteiger partial charge on any atom is 0.318 e. The van der Waals surface area contributed by atoms with E-state index in [4.69, 9.17) is 9.84 Å². The summed E-state index contributed by atoms with van der Waals surface area (Å²) in [7, 11) is 0. The molecule has 1 aromatic rings. The summed E-state index contributed by atoms with van der Waals surface area (Å²) in [6.45, 7) is 2.78. The zero-order chi connectivity index (χ0) is 15.7. The quantitative estimate of drug-likeness (QED) is 0.876. The molecule has 3 rings (SSSR count). The summed E-state index contributed by atoms with van der Waals surface area (Å²) < 4.78 is 5.74. The molecule has 0 saturated carbocycles. The van der Waals surface area contributed by atoms with Gasteiger partial charge in [-0.1, -0.05) is 18.2 Å². The first-order valence-electron chi connectivity index (χ1n) is 7.60. The number of urea groups is 1. The Kier molecular flexibility index (Phi) is 3.92. The van der Waals surface area contributed by atoms with Gasteiger partial charge in [0.1, 0.15) is 11.9 Å². The van der Waals surface area contributed by atoms with E-state index in [0.29, 0.717) is 13.0 Å². The van der Waals surface area contributed by atoms with Gasteiger partial charge in [0.2, 0.25) is 0 Å². The van der Waals surface area contributed by atoms with Crippen molar-refractivity contribution in [1.29, 1.82) is 0 Å². The predicted octanol–water partition coefficient (Wildman–Crippen LogP) is 2.01. The minimum absolute atomic E-state index is 0.138. The number of ether oxygens (including phenoxy) is 1. The molecule has 1 fully saturated rings. The van der Waals surface area contributed by atoms with E-state index >= 15 is 0 Å². The van der Waals surface area contributed by atoms with Crippen LogP contribution in [0.1, 0.15) is 31.4 Å². The number of para-hydroxylation sites is 1. The fourth-order valence-corrected chi connectivity index (χ4v) is 3.15. The smallest absolute Gasteiger partial charge is 0.318 e. The van der Waals surface area contributed by atoms with Gasteiger partial charge < -0.3 is 20.1 Å². The summed E-state index contributed by atoms with van der Waals surface area (Å²) in [5.41, 5.74) is 0.968. The van der Waals surface area contributed by atoms with E-state index < -0.39 is 11.9 Å². The number of fused-ring (bicyclic) bond motifs is 1. The van der Waals surface area contributed by atoms with Crippen LogP contribution >= 0.6 is 0 Å². The zero-order valence-corrected chi connectivity index (χ0v) is 12.5. The molecule has 118 valence electrons. The standard InChI is InChI=1S/C16H20N2O4/c1-10-14(12-6-2-3-7-13(12)22-10)17-16(21)18-8-4-5-11(9-18)15(19)20/h2-3,6-7,10-11,14H,4-5,8-9H2,1H3,(H,17,21)(H,19,20). The number of carbonyl (C=O) groups excluding carboxylic acids is 1. The van der Waals surface area contributed by atoms with Crippen molar-refractivity contribution in [3.8, 4) is 5.75 Å². The van der Waals surface area contributed by atoms with Gasteiger partial charge in [-0.3, -0.25) is 4.79 Å². The number of piperidine rings is 1. The number of carbonyl (C=O) groups is 2. The number of amides is 2. The van der Waals surface area contributed by atoms with Gasteiger partial charge in [0.15, 0.2) is 0 Å². The number of rotatable bonds is 2. The third-order valence-electron chi connectivity index (χ3n) is 4.37. The minimum atomic E-state index is -0.833. The van der Waals surface area contributed by atoms with E-state index in [1.165, 1.54) is 0 Å². The molecule has 1 saturated heterocycles. The molecular formula is C16H20N2O4. The van der Waals surface area contributed by atoms with Gasteiger partial charge in [-0.25, -0.2) is 4.79 Å². The average molecular weight is 304 g/mol. The third-order valence-corrected chi connectivity index (χ3v) is 4.37. The minimum Gasteiger partial charge on any atom is -0.488 e. The molecule has 22 heavy (non-hydrogen) atoms. The van der Waals surface area contributed by atoms with Crippen LogP contribution < -0.4 is 10.1 Å². The average Bonchev–Trinajstić information content (AvgIpc) is 2.83. The van der Waals surface area contributed by atoms with Gasteiger partial charge in [0.25, 0.3) is 0 Å². The van der Waals surface area contributed by atoms with Crippen molar-refractivity contribution in [2.24, 2.45) is 5.92 Å². The number of benzene rings is 1. The Morgan fingerprint density at radius 3 is 2.91 bits per heavy atom. The summed E-state index contributed by atoms with van der Waals surface area (Å²) in [5.74, 6) is -0.508. The van der Waals surface area contributed by atoms with Crippen molar-refractivity contribution < 1.29 is 19.4 Å². The number of nitrogens with one attached hydrogen (secondary N) is 1. The molecule has 6 heteroatoms. The summed E-state index contributed by atoms with van der Waals surface area (Å²) in [5, 5.41) is 12.1. The maximum atomic E-state index is 12.4. The van der Waals surface area contributed by atoms with Gasteiger partial charge in [-0.2, -0.15) is 0 Å². The normalized spacial score (nSPS) is 27.0. The van der Waals surface area contributed by atoms with Gasteiger partial charge >= 0.3 is 12.0 Å². The number of carboxylic acids is 1. The van der Waals surface area contributed by atoms with Crippen LogP contribution in [0.15, 0.2) is 24.3 Å². The maximum absolute atomic E-state index is 12.4. The Morgan fingerprint density at radius 1 is 1.36 bits per heavy atom. The lowest BCUT2D eigenvalue weighted by Crippen LogP contribution is -2.48. The Labute approximate surface area is 129 Å². The molecular weight excluding hydrogens is 284 g/mol.